The Morgan fingerprint density at radius 1 is 1.03 bits per heavy atom. The van der Waals surface area contributed by atoms with Gasteiger partial charge in [0.2, 0.25) is 0 Å². The number of aromatic nitrogens is 3. The summed E-state index contributed by atoms with van der Waals surface area (Å²) in [7, 11) is 2.14. The Bertz CT molecular complexity index is 1180. The number of ether oxygens (including phenoxy) is 1. The normalized spacial score (nSPS) is 18.8. The lowest BCUT2D eigenvalue weighted by molar-refractivity contribution is -0.274. The van der Waals surface area contributed by atoms with E-state index in [0.717, 1.165) is 61.2 Å². The molecule has 1 N–H and O–H groups in total. The molecule has 2 aliphatic heterocycles. The van der Waals surface area contributed by atoms with Crippen molar-refractivity contribution in [2.75, 3.05) is 33.2 Å². The largest absolute Gasteiger partial charge is 0.573 e. The maximum atomic E-state index is 12.9. The molecule has 0 unspecified atom stereocenters. The first-order chi connectivity index (χ1) is 16.8. The Kier molecular flexibility index (Phi) is 6.39. The fraction of sp³-hybridized carbons (Fsp3) is 0.480. The Balaban J connectivity index is 1.24. The van der Waals surface area contributed by atoms with E-state index in [-0.39, 0.29) is 17.6 Å². The summed E-state index contributed by atoms with van der Waals surface area (Å²) >= 11 is 0. The van der Waals surface area contributed by atoms with E-state index in [0.29, 0.717) is 24.6 Å². The molecule has 7 nitrogen and oxygen atoms in total. The summed E-state index contributed by atoms with van der Waals surface area (Å²) in [6.07, 6.45) is 2.87. The number of carbonyl (C=O) groups is 1. The topological polar surface area (TPSA) is 74.4 Å². The number of benzene rings is 1. The standard InChI is InChI=1S/C25H28F3N5O2/c1-32-10-6-17(7-11-32)21-15-30-23-22(31-21)20(14-29-23)16-8-12-33(13-9-16)24(34)18-2-4-19(5-3-18)35-25(26,27)28/h2-5,14-17H,6-13H2,1H3,(H,29,30). The lowest BCUT2D eigenvalue weighted by atomic mass is 9.90. The number of hydrogen-bond donors (Lipinski definition) is 1. The summed E-state index contributed by atoms with van der Waals surface area (Å²) in [4.78, 5) is 29.8. The average Bonchev–Trinajstić information content (AvgIpc) is 3.27. The monoisotopic (exact) mass is 487 g/mol. The molecular weight excluding hydrogens is 459 g/mol. The van der Waals surface area contributed by atoms with Gasteiger partial charge in [-0.2, -0.15) is 0 Å². The summed E-state index contributed by atoms with van der Waals surface area (Å²) < 4.78 is 41.0. The molecule has 0 aliphatic carbocycles. The summed E-state index contributed by atoms with van der Waals surface area (Å²) in [5.41, 5.74) is 4.25. The molecule has 0 radical (unpaired) electrons. The number of nitrogens with one attached hydrogen (secondary N) is 1. The van der Waals surface area contributed by atoms with E-state index in [1.165, 1.54) is 24.3 Å². The third-order valence-electron chi connectivity index (χ3n) is 7.12. The van der Waals surface area contributed by atoms with E-state index in [1.807, 2.05) is 12.4 Å². The SMILES string of the molecule is CN1CCC(c2cnc3[nH]cc(C4CCN(C(=O)c5ccc(OC(F)(F)F)cc5)CC4)c3n2)CC1. The van der Waals surface area contributed by atoms with Gasteiger partial charge in [-0.25, -0.2) is 9.97 Å². The van der Waals surface area contributed by atoms with Crippen LogP contribution >= 0.6 is 0 Å². The van der Waals surface area contributed by atoms with Gasteiger partial charge in [0, 0.05) is 36.3 Å². The highest BCUT2D eigenvalue weighted by atomic mass is 19.4. The zero-order chi connectivity index (χ0) is 24.6. The molecule has 2 aromatic heterocycles. The smallest absolute Gasteiger partial charge is 0.406 e. The fourth-order valence-corrected chi connectivity index (χ4v) is 5.11. The third-order valence-corrected chi connectivity index (χ3v) is 7.12. The molecular formula is C25H28F3N5O2. The van der Waals surface area contributed by atoms with Crippen molar-refractivity contribution in [3.05, 3.63) is 53.5 Å². The molecule has 1 aromatic carbocycles. The van der Waals surface area contributed by atoms with Gasteiger partial charge in [-0.3, -0.25) is 4.79 Å². The maximum Gasteiger partial charge on any atom is 0.573 e. The molecule has 35 heavy (non-hydrogen) atoms. The van der Waals surface area contributed by atoms with Gasteiger partial charge in [0.1, 0.15) is 11.3 Å². The second-order valence-electron chi connectivity index (χ2n) is 9.45. The Morgan fingerprint density at radius 2 is 1.69 bits per heavy atom. The third kappa shape index (κ3) is 5.27. The summed E-state index contributed by atoms with van der Waals surface area (Å²) in [5.74, 6) is 0.161. The predicted octanol–water partition coefficient (Wildman–Crippen LogP) is 4.69. The minimum Gasteiger partial charge on any atom is -0.406 e. The van der Waals surface area contributed by atoms with Gasteiger partial charge in [-0.1, -0.05) is 0 Å². The zero-order valence-corrected chi connectivity index (χ0v) is 19.5. The second-order valence-corrected chi connectivity index (χ2v) is 9.45. The molecule has 1 amide bonds. The fourth-order valence-electron chi connectivity index (χ4n) is 5.11. The van der Waals surface area contributed by atoms with Crippen LogP contribution in [-0.4, -0.2) is 70.2 Å². The van der Waals surface area contributed by atoms with Crippen molar-refractivity contribution in [3.8, 4) is 5.75 Å². The van der Waals surface area contributed by atoms with Crippen molar-refractivity contribution in [2.45, 2.75) is 43.9 Å². The minimum atomic E-state index is -4.76. The number of rotatable bonds is 4. The molecule has 0 atom stereocenters. The maximum absolute atomic E-state index is 12.9. The summed E-state index contributed by atoms with van der Waals surface area (Å²) in [6, 6.07) is 5.07. The minimum absolute atomic E-state index is 0.190. The molecule has 10 heteroatoms. The van der Waals surface area contributed by atoms with Gasteiger partial charge in [-0.05, 0) is 76.0 Å². The van der Waals surface area contributed by atoms with Crippen molar-refractivity contribution < 1.29 is 22.7 Å². The number of piperidine rings is 2. The van der Waals surface area contributed by atoms with Crippen LogP contribution in [0, 0.1) is 0 Å². The highest BCUT2D eigenvalue weighted by molar-refractivity contribution is 5.94. The number of hydrogen-bond acceptors (Lipinski definition) is 5. The van der Waals surface area contributed by atoms with E-state index in [2.05, 4.69) is 26.7 Å². The number of aromatic amines is 1. The van der Waals surface area contributed by atoms with E-state index in [1.54, 1.807) is 4.90 Å². The first-order valence-electron chi connectivity index (χ1n) is 11.9. The number of fused-ring (bicyclic) bond motifs is 1. The molecule has 5 rings (SSSR count). The molecule has 186 valence electrons. The second kappa shape index (κ2) is 9.49. The van der Waals surface area contributed by atoms with E-state index in [4.69, 9.17) is 4.98 Å². The van der Waals surface area contributed by atoms with Crippen molar-refractivity contribution in [2.24, 2.45) is 0 Å². The Morgan fingerprint density at radius 3 is 2.34 bits per heavy atom. The zero-order valence-electron chi connectivity index (χ0n) is 19.5. The number of alkyl halides is 3. The van der Waals surface area contributed by atoms with Crippen molar-refractivity contribution in [1.29, 1.82) is 0 Å². The van der Waals surface area contributed by atoms with Crippen molar-refractivity contribution >= 4 is 17.1 Å². The van der Waals surface area contributed by atoms with Crippen LogP contribution in [0.1, 0.15) is 59.1 Å². The molecule has 3 aromatic rings. The quantitative estimate of drug-likeness (QED) is 0.578. The van der Waals surface area contributed by atoms with Gasteiger partial charge in [-0.15, -0.1) is 13.2 Å². The molecule has 0 saturated carbocycles. The number of carbonyl (C=O) groups excluding carboxylic acids is 1. The van der Waals surface area contributed by atoms with E-state index < -0.39 is 6.36 Å². The van der Waals surface area contributed by atoms with Crippen LogP contribution in [0.2, 0.25) is 0 Å². The lowest BCUT2D eigenvalue weighted by Gasteiger charge is -2.32. The van der Waals surface area contributed by atoms with Crippen LogP contribution in [0.3, 0.4) is 0 Å². The molecule has 0 bridgehead atoms. The Labute approximate surface area is 201 Å². The number of likely N-dealkylation sites (tertiary alicyclic amines) is 2. The van der Waals surface area contributed by atoms with Gasteiger partial charge in [0.05, 0.1) is 11.9 Å². The van der Waals surface area contributed by atoms with E-state index >= 15 is 0 Å². The van der Waals surface area contributed by atoms with Crippen molar-refractivity contribution in [1.82, 2.24) is 24.8 Å². The highest BCUT2D eigenvalue weighted by Gasteiger charge is 2.31. The van der Waals surface area contributed by atoms with Gasteiger partial charge >= 0.3 is 6.36 Å². The number of nitrogens with zero attached hydrogens (tertiary/aromatic N) is 4. The van der Waals surface area contributed by atoms with Crippen LogP contribution < -0.4 is 4.74 Å². The summed E-state index contributed by atoms with van der Waals surface area (Å²) in [6.45, 7) is 3.27. The molecule has 0 spiro atoms. The summed E-state index contributed by atoms with van der Waals surface area (Å²) in [5, 5.41) is 0. The van der Waals surface area contributed by atoms with Gasteiger partial charge < -0.3 is 19.5 Å². The number of halogens is 3. The Hall–Kier alpha value is -3.14. The first kappa shape index (κ1) is 23.6. The predicted molar refractivity (Wildman–Crippen MR) is 124 cm³/mol. The molecule has 2 fully saturated rings. The molecule has 2 saturated heterocycles. The highest BCUT2D eigenvalue weighted by Crippen LogP contribution is 2.34. The first-order valence-corrected chi connectivity index (χ1v) is 11.9. The van der Waals surface area contributed by atoms with Crippen LogP contribution in [0.5, 0.6) is 5.75 Å². The van der Waals surface area contributed by atoms with Crippen LogP contribution in [0.25, 0.3) is 11.2 Å². The van der Waals surface area contributed by atoms with Crippen molar-refractivity contribution in [3.63, 3.8) is 0 Å². The lowest BCUT2D eigenvalue weighted by Crippen LogP contribution is -2.37. The number of amides is 1. The van der Waals surface area contributed by atoms with Crippen LogP contribution in [0.4, 0.5) is 13.2 Å². The average molecular weight is 488 g/mol. The number of H-pyrrole nitrogens is 1. The molecule has 4 heterocycles. The van der Waals surface area contributed by atoms with Gasteiger partial charge in [0.25, 0.3) is 5.91 Å². The molecule has 2 aliphatic rings. The van der Waals surface area contributed by atoms with Gasteiger partial charge in [0.15, 0.2) is 5.65 Å². The van der Waals surface area contributed by atoms with Crippen LogP contribution in [0.15, 0.2) is 36.7 Å². The van der Waals surface area contributed by atoms with Crippen LogP contribution in [-0.2, 0) is 0 Å². The van der Waals surface area contributed by atoms with E-state index in [9.17, 15) is 18.0 Å².